The second-order valence-electron chi connectivity index (χ2n) is 4.74. The van der Waals surface area contributed by atoms with Crippen LogP contribution in [0.1, 0.15) is 29.5 Å². The number of aliphatic hydroxyl groups is 1. The molecule has 1 N–H and O–H groups in total. The number of carbonyl (C=O) groups excluding carboxylic acids is 1. The molecule has 2 rings (SSSR count). The van der Waals surface area contributed by atoms with Crippen LogP contribution in [-0.2, 0) is 7.05 Å². The molecule has 0 unspecified atom stereocenters. The van der Waals surface area contributed by atoms with Gasteiger partial charge in [-0.25, -0.2) is 0 Å². The quantitative estimate of drug-likeness (QED) is 0.845. The Bertz CT molecular complexity index is 573. The zero-order valence-electron chi connectivity index (χ0n) is 11.1. The molecule has 0 fully saturated rings. The molecule has 1 atom stereocenters. The minimum atomic E-state index is -5.01. The largest absolute Gasteiger partial charge is 0.438 e. The number of carbonyl (C=O) groups is 1. The minimum Gasteiger partial charge on any atom is -0.362 e. The number of amides is 1. The SMILES string of the molecule is CC1=NN(C(=O)c2cc(C)n(C)n2)[C@](O)(C(F)(F)F)C1. The minimum absolute atomic E-state index is 0.0193. The molecule has 0 radical (unpaired) electrons. The Kier molecular flexibility index (Phi) is 3.12. The molecule has 1 aliphatic heterocycles. The fraction of sp³-hybridized carbons (Fsp3) is 0.545. The average molecular weight is 290 g/mol. The first-order valence-electron chi connectivity index (χ1n) is 5.74. The van der Waals surface area contributed by atoms with Crippen LogP contribution in [0.2, 0.25) is 0 Å². The molecule has 1 aromatic heterocycles. The van der Waals surface area contributed by atoms with Crippen LogP contribution in [-0.4, -0.2) is 43.4 Å². The number of nitrogens with zero attached hydrogens (tertiary/aromatic N) is 4. The van der Waals surface area contributed by atoms with Crippen molar-refractivity contribution in [2.45, 2.75) is 32.2 Å². The standard InChI is InChI=1S/C11H13F3N4O2/c1-6-5-10(20,11(12,13)14)18(15-6)9(19)8-4-7(2)17(3)16-8/h4,20H,5H2,1-3H3/t10-/m1/s1. The molecule has 2 heterocycles. The molecular formula is C11H13F3N4O2. The number of hydrazone groups is 1. The molecule has 0 saturated heterocycles. The molecule has 1 aromatic rings. The Labute approximate surface area is 112 Å². The maximum atomic E-state index is 13.0. The van der Waals surface area contributed by atoms with Crippen LogP contribution >= 0.6 is 0 Å². The van der Waals surface area contributed by atoms with Gasteiger partial charge in [0.2, 0.25) is 0 Å². The van der Waals surface area contributed by atoms with Gasteiger partial charge in [-0.3, -0.25) is 9.48 Å². The predicted octanol–water partition coefficient (Wildman–Crippen LogP) is 1.20. The van der Waals surface area contributed by atoms with E-state index < -0.39 is 24.2 Å². The van der Waals surface area contributed by atoms with E-state index >= 15 is 0 Å². The zero-order valence-corrected chi connectivity index (χ0v) is 11.1. The summed E-state index contributed by atoms with van der Waals surface area (Å²) < 4.78 is 40.3. The molecule has 0 saturated carbocycles. The van der Waals surface area contributed by atoms with Crippen molar-refractivity contribution in [2.75, 3.05) is 0 Å². The number of alkyl halides is 3. The third-order valence-electron chi connectivity index (χ3n) is 3.10. The fourth-order valence-corrected chi connectivity index (χ4v) is 1.93. The molecule has 9 heteroatoms. The number of hydrogen-bond donors (Lipinski definition) is 1. The summed E-state index contributed by atoms with van der Waals surface area (Å²) in [6.45, 7) is 2.96. The van der Waals surface area contributed by atoms with E-state index in [1.165, 1.54) is 17.7 Å². The van der Waals surface area contributed by atoms with E-state index in [1.807, 2.05) is 0 Å². The van der Waals surface area contributed by atoms with Gasteiger partial charge in [-0.2, -0.15) is 28.4 Å². The van der Waals surface area contributed by atoms with Crippen molar-refractivity contribution in [3.8, 4) is 0 Å². The summed E-state index contributed by atoms with van der Waals surface area (Å²) in [5, 5.41) is 17.2. The van der Waals surface area contributed by atoms with Gasteiger partial charge in [0.25, 0.3) is 11.6 Å². The summed E-state index contributed by atoms with van der Waals surface area (Å²) in [5.74, 6) is -1.09. The van der Waals surface area contributed by atoms with Gasteiger partial charge in [-0.15, -0.1) is 0 Å². The molecule has 0 bridgehead atoms. The van der Waals surface area contributed by atoms with Crippen LogP contribution in [0.15, 0.2) is 11.2 Å². The Balaban J connectivity index is 2.41. The number of aryl methyl sites for hydroxylation is 2. The topological polar surface area (TPSA) is 70.7 Å². The summed E-state index contributed by atoms with van der Waals surface area (Å²) in [4.78, 5) is 12.1. The highest BCUT2D eigenvalue weighted by Gasteiger charge is 2.63. The maximum absolute atomic E-state index is 13.0. The Morgan fingerprint density at radius 2 is 2.05 bits per heavy atom. The van der Waals surface area contributed by atoms with Gasteiger partial charge in [0.15, 0.2) is 5.69 Å². The van der Waals surface area contributed by atoms with Crippen LogP contribution < -0.4 is 0 Å². The molecule has 1 aliphatic rings. The monoisotopic (exact) mass is 290 g/mol. The van der Waals surface area contributed by atoms with Crippen molar-refractivity contribution in [3.63, 3.8) is 0 Å². The van der Waals surface area contributed by atoms with Crippen molar-refractivity contribution in [2.24, 2.45) is 12.1 Å². The smallest absolute Gasteiger partial charge is 0.362 e. The van der Waals surface area contributed by atoms with Gasteiger partial charge in [0, 0.05) is 24.9 Å². The Morgan fingerprint density at radius 3 is 2.50 bits per heavy atom. The highest BCUT2D eigenvalue weighted by Crippen LogP contribution is 2.40. The third-order valence-corrected chi connectivity index (χ3v) is 3.10. The third kappa shape index (κ3) is 2.07. The molecule has 1 amide bonds. The highest BCUT2D eigenvalue weighted by atomic mass is 19.4. The first-order valence-corrected chi connectivity index (χ1v) is 5.74. The molecule has 110 valence electrons. The second-order valence-corrected chi connectivity index (χ2v) is 4.74. The van der Waals surface area contributed by atoms with E-state index in [4.69, 9.17) is 0 Å². The molecular weight excluding hydrogens is 277 g/mol. The van der Waals surface area contributed by atoms with Gasteiger partial charge in [0.05, 0.1) is 0 Å². The van der Waals surface area contributed by atoms with Gasteiger partial charge in [0.1, 0.15) is 0 Å². The first-order chi connectivity index (χ1) is 9.06. The molecule has 0 aromatic carbocycles. The van der Waals surface area contributed by atoms with Crippen LogP contribution in [0.25, 0.3) is 0 Å². The average Bonchev–Trinajstić information content (AvgIpc) is 2.79. The number of halogens is 3. The van der Waals surface area contributed by atoms with Crippen LogP contribution in [0.3, 0.4) is 0 Å². The predicted molar refractivity (Wildman–Crippen MR) is 62.8 cm³/mol. The van der Waals surface area contributed by atoms with Gasteiger partial charge < -0.3 is 5.11 Å². The van der Waals surface area contributed by atoms with E-state index in [0.717, 1.165) is 0 Å². The molecule has 0 spiro atoms. The van der Waals surface area contributed by atoms with Gasteiger partial charge >= 0.3 is 6.18 Å². The lowest BCUT2D eigenvalue weighted by Crippen LogP contribution is -2.56. The van der Waals surface area contributed by atoms with Crippen molar-refractivity contribution in [1.82, 2.24) is 14.8 Å². The number of rotatable bonds is 1. The summed E-state index contributed by atoms with van der Waals surface area (Å²) in [6, 6.07) is 1.34. The van der Waals surface area contributed by atoms with E-state index in [1.54, 1.807) is 14.0 Å². The normalized spacial score (nSPS) is 23.1. The molecule has 6 nitrogen and oxygen atoms in total. The lowest BCUT2D eigenvalue weighted by molar-refractivity contribution is -0.297. The molecule has 20 heavy (non-hydrogen) atoms. The van der Waals surface area contributed by atoms with E-state index in [-0.39, 0.29) is 16.4 Å². The highest BCUT2D eigenvalue weighted by molar-refractivity contribution is 5.96. The van der Waals surface area contributed by atoms with Crippen LogP contribution in [0.4, 0.5) is 13.2 Å². The van der Waals surface area contributed by atoms with Gasteiger partial charge in [-0.05, 0) is 19.9 Å². The summed E-state index contributed by atoms with van der Waals surface area (Å²) in [7, 11) is 1.56. The van der Waals surface area contributed by atoms with Crippen LogP contribution in [0.5, 0.6) is 0 Å². The zero-order chi connectivity index (χ0) is 15.3. The Morgan fingerprint density at radius 1 is 1.45 bits per heavy atom. The van der Waals surface area contributed by atoms with Crippen molar-refractivity contribution >= 4 is 11.6 Å². The van der Waals surface area contributed by atoms with E-state index in [9.17, 15) is 23.1 Å². The summed E-state index contributed by atoms with van der Waals surface area (Å²) >= 11 is 0. The van der Waals surface area contributed by atoms with Gasteiger partial charge in [-0.1, -0.05) is 0 Å². The number of aromatic nitrogens is 2. The Hall–Kier alpha value is -1.90. The number of hydrogen-bond acceptors (Lipinski definition) is 4. The first kappa shape index (κ1) is 14.5. The lowest BCUT2D eigenvalue weighted by Gasteiger charge is -2.32. The second kappa shape index (κ2) is 4.30. The summed E-state index contributed by atoms with van der Waals surface area (Å²) in [5.41, 5.74) is -2.90. The van der Waals surface area contributed by atoms with Crippen molar-refractivity contribution < 1.29 is 23.1 Å². The molecule has 0 aliphatic carbocycles. The van der Waals surface area contributed by atoms with Crippen molar-refractivity contribution in [1.29, 1.82) is 0 Å². The lowest BCUT2D eigenvalue weighted by atomic mass is 10.1. The summed E-state index contributed by atoms with van der Waals surface area (Å²) in [6.07, 6.45) is -5.78. The fourth-order valence-electron chi connectivity index (χ4n) is 1.93. The van der Waals surface area contributed by atoms with E-state index in [0.29, 0.717) is 5.69 Å². The maximum Gasteiger partial charge on any atom is 0.438 e. The van der Waals surface area contributed by atoms with E-state index in [2.05, 4.69) is 10.2 Å². The van der Waals surface area contributed by atoms with Crippen LogP contribution in [0, 0.1) is 6.92 Å². The van der Waals surface area contributed by atoms with Crippen molar-refractivity contribution in [3.05, 3.63) is 17.5 Å².